The Bertz CT molecular complexity index is 915. The quantitative estimate of drug-likeness (QED) is 0.494. The van der Waals surface area contributed by atoms with E-state index in [4.69, 9.17) is 11.6 Å². The first kappa shape index (κ1) is 16.7. The molecule has 0 fully saturated rings. The molecule has 1 amide bonds. The second kappa shape index (κ2) is 7.19. The number of H-pyrrole nitrogens is 1. The fourth-order valence-corrected chi connectivity index (χ4v) is 2.29. The lowest BCUT2D eigenvalue weighted by Gasteiger charge is -2.02. The maximum atomic E-state index is 12.2. The summed E-state index contributed by atoms with van der Waals surface area (Å²) in [4.78, 5) is 12.2. The van der Waals surface area contributed by atoms with Crippen LogP contribution in [0.15, 0.2) is 59.7 Å². The second-order valence-electron chi connectivity index (χ2n) is 5.36. The molecule has 0 unspecified atom stereocenters. The summed E-state index contributed by atoms with van der Waals surface area (Å²) in [6.07, 6.45) is 0. The molecule has 0 aliphatic carbocycles. The molecule has 25 heavy (non-hydrogen) atoms. The first-order chi connectivity index (χ1) is 12.0. The lowest BCUT2D eigenvalue weighted by atomic mass is 10.1. The molecule has 3 N–H and O–H groups in total. The minimum atomic E-state index is -0.397. The van der Waals surface area contributed by atoms with Gasteiger partial charge in [0, 0.05) is 10.6 Å². The molecule has 0 aliphatic rings. The van der Waals surface area contributed by atoms with Crippen LogP contribution in [0.4, 0.5) is 0 Å². The highest BCUT2D eigenvalue weighted by atomic mass is 35.5. The molecule has 7 heteroatoms. The van der Waals surface area contributed by atoms with Gasteiger partial charge in [-0.15, -0.1) is 0 Å². The van der Waals surface area contributed by atoms with Crippen molar-refractivity contribution < 1.29 is 9.90 Å². The smallest absolute Gasteiger partial charge is 0.289 e. The fourth-order valence-electron chi connectivity index (χ4n) is 2.17. The van der Waals surface area contributed by atoms with E-state index >= 15 is 0 Å². The third-order valence-electron chi connectivity index (χ3n) is 3.57. The van der Waals surface area contributed by atoms with E-state index in [0.29, 0.717) is 22.1 Å². The van der Waals surface area contributed by atoms with E-state index in [0.717, 1.165) is 11.1 Å². The van der Waals surface area contributed by atoms with E-state index in [1.807, 2.05) is 12.1 Å². The Morgan fingerprint density at radius 2 is 1.84 bits per heavy atom. The van der Waals surface area contributed by atoms with Gasteiger partial charge in [-0.3, -0.25) is 9.89 Å². The molecular formula is C18H15ClN4O2. The Balaban J connectivity index is 1.70. The summed E-state index contributed by atoms with van der Waals surface area (Å²) in [5, 5.41) is 20.8. The van der Waals surface area contributed by atoms with Crippen LogP contribution in [0.3, 0.4) is 0 Å². The Hall–Kier alpha value is -3.12. The molecule has 0 spiro atoms. The van der Waals surface area contributed by atoms with E-state index in [9.17, 15) is 9.90 Å². The molecule has 0 saturated heterocycles. The molecule has 3 rings (SSSR count). The lowest BCUT2D eigenvalue weighted by Crippen LogP contribution is -2.19. The van der Waals surface area contributed by atoms with Crippen molar-refractivity contribution in [1.82, 2.24) is 15.6 Å². The van der Waals surface area contributed by atoms with Crippen LogP contribution in [-0.2, 0) is 0 Å². The number of carbonyl (C=O) groups is 1. The van der Waals surface area contributed by atoms with Gasteiger partial charge in [0.15, 0.2) is 0 Å². The van der Waals surface area contributed by atoms with Crippen molar-refractivity contribution in [3.8, 4) is 17.0 Å². The molecular weight excluding hydrogens is 340 g/mol. The number of hydrogen-bond acceptors (Lipinski definition) is 4. The summed E-state index contributed by atoms with van der Waals surface area (Å²) in [6, 6.07) is 15.4. The van der Waals surface area contributed by atoms with Gasteiger partial charge in [0.05, 0.1) is 11.4 Å². The molecule has 3 aromatic rings. The minimum absolute atomic E-state index is 0.174. The normalized spacial score (nSPS) is 11.4. The van der Waals surface area contributed by atoms with Crippen molar-refractivity contribution in [1.29, 1.82) is 0 Å². The molecule has 1 heterocycles. The number of hydrazone groups is 1. The zero-order chi connectivity index (χ0) is 17.8. The number of benzene rings is 2. The van der Waals surface area contributed by atoms with Crippen molar-refractivity contribution in [2.75, 3.05) is 0 Å². The zero-order valence-electron chi connectivity index (χ0n) is 13.3. The van der Waals surface area contributed by atoms with Crippen LogP contribution in [0.25, 0.3) is 11.3 Å². The van der Waals surface area contributed by atoms with E-state index in [1.54, 1.807) is 49.4 Å². The number of phenolic OH excluding ortho intramolecular Hbond substituents is 1. The highest BCUT2D eigenvalue weighted by Crippen LogP contribution is 2.20. The fraction of sp³-hybridized carbons (Fsp3) is 0.0556. The highest BCUT2D eigenvalue weighted by molar-refractivity contribution is 6.30. The van der Waals surface area contributed by atoms with Crippen molar-refractivity contribution in [3.63, 3.8) is 0 Å². The van der Waals surface area contributed by atoms with E-state index in [-0.39, 0.29) is 5.75 Å². The molecule has 0 bridgehead atoms. The van der Waals surface area contributed by atoms with Crippen molar-refractivity contribution in [2.24, 2.45) is 5.10 Å². The number of aromatic hydroxyl groups is 1. The van der Waals surface area contributed by atoms with Crippen LogP contribution in [0.1, 0.15) is 23.0 Å². The molecule has 0 saturated carbocycles. The van der Waals surface area contributed by atoms with Crippen LogP contribution >= 0.6 is 11.6 Å². The van der Waals surface area contributed by atoms with Gasteiger partial charge in [0.1, 0.15) is 11.4 Å². The average Bonchev–Trinajstić information content (AvgIpc) is 3.11. The van der Waals surface area contributed by atoms with Crippen LogP contribution in [0.5, 0.6) is 5.75 Å². The van der Waals surface area contributed by atoms with Gasteiger partial charge in [-0.05, 0) is 55.0 Å². The Morgan fingerprint density at radius 3 is 2.52 bits per heavy atom. The van der Waals surface area contributed by atoms with Crippen LogP contribution in [0, 0.1) is 0 Å². The van der Waals surface area contributed by atoms with Gasteiger partial charge in [-0.2, -0.15) is 10.2 Å². The molecule has 0 radical (unpaired) electrons. The molecule has 0 aliphatic heterocycles. The number of aromatic amines is 1. The molecule has 1 aromatic heterocycles. The maximum Gasteiger partial charge on any atom is 0.289 e. The number of halogens is 1. The lowest BCUT2D eigenvalue weighted by molar-refractivity contribution is 0.0950. The van der Waals surface area contributed by atoms with Gasteiger partial charge in [0.2, 0.25) is 0 Å². The number of rotatable bonds is 4. The highest BCUT2D eigenvalue weighted by Gasteiger charge is 2.11. The number of nitrogens with zero attached hydrogens (tertiary/aromatic N) is 2. The van der Waals surface area contributed by atoms with Crippen LogP contribution < -0.4 is 5.43 Å². The number of nitrogens with one attached hydrogen (secondary N) is 2. The van der Waals surface area contributed by atoms with Gasteiger partial charge < -0.3 is 5.11 Å². The first-order valence-corrected chi connectivity index (χ1v) is 7.86. The number of phenols is 1. The number of hydrogen-bond donors (Lipinski definition) is 3. The summed E-state index contributed by atoms with van der Waals surface area (Å²) in [7, 11) is 0. The van der Waals surface area contributed by atoms with Gasteiger partial charge >= 0.3 is 0 Å². The Kier molecular flexibility index (Phi) is 4.81. The maximum absolute atomic E-state index is 12.2. The first-order valence-electron chi connectivity index (χ1n) is 7.48. The van der Waals surface area contributed by atoms with E-state index in [2.05, 4.69) is 20.7 Å². The summed E-state index contributed by atoms with van der Waals surface area (Å²) in [5.74, 6) is -0.224. The monoisotopic (exact) mass is 354 g/mol. The van der Waals surface area contributed by atoms with E-state index in [1.165, 1.54) is 0 Å². The predicted octanol–water partition coefficient (Wildman–Crippen LogP) is 3.59. The summed E-state index contributed by atoms with van der Waals surface area (Å²) in [6.45, 7) is 1.76. The van der Waals surface area contributed by atoms with Crippen molar-refractivity contribution >= 4 is 23.2 Å². The molecule has 2 aromatic carbocycles. The van der Waals surface area contributed by atoms with Gasteiger partial charge in [0.25, 0.3) is 5.91 Å². The minimum Gasteiger partial charge on any atom is -0.508 e. The van der Waals surface area contributed by atoms with Crippen LogP contribution in [0.2, 0.25) is 5.02 Å². The SMILES string of the molecule is C/C(=N/NC(=O)c1cc(-c2ccc(Cl)cc2)n[nH]1)c1ccc(O)cc1. The summed E-state index contributed by atoms with van der Waals surface area (Å²) in [5.41, 5.74) is 5.68. The third-order valence-corrected chi connectivity index (χ3v) is 3.82. The van der Waals surface area contributed by atoms with Gasteiger partial charge in [-0.1, -0.05) is 23.7 Å². The number of amides is 1. The van der Waals surface area contributed by atoms with Crippen LogP contribution in [-0.4, -0.2) is 26.9 Å². The topological polar surface area (TPSA) is 90.4 Å². The Labute approximate surface area is 149 Å². The van der Waals surface area contributed by atoms with Gasteiger partial charge in [-0.25, -0.2) is 5.43 Å². The zero-order valence-corrected chi connectivity index (χ0v) is 14.1. The van der Waals surface area contributed by atoms with Crippen molar-refractivity contribution in [2.45, 2.75) is 6.92 Å². The average molecular weight is 355 g/mol. The Morgan fingerprint density at radius 1 is 1.16 bits per heavy atom. The molecule has 0 atom stereocenters. The summed E-state index contributed by atoms with van der Waals surface area (Å²) >= 11 is 5.86. The second-order valence-corrected chi connectivity index (χ2v) is 5.80. The summed E-state index contributed by atoms with van der Waals surface area (Å²) < 4.78 is 0. The number of aromatic nitrogens is 2. The predicted molar refractivity (Wildman–Crippen MR) is 96.8 cm³/mol. The molecule has 126 valence electrons. The van der Waals surface area contributed by atoms with E-state index < -0.39 is 5.91 Å². The standard InChI is InChI=1S/C18H15ClN4O2/c1-11(12-4-8-15(24)9-5-12)20-23-18(25)17-10-16(21-22-17)13-2-6-14(19)7-3-13/h2-10,24H,1H3,(H,21,22)(H,23,25)/b20-11-. The largest absolute Gasteiger partial charge is 0.508 e. The third kappa shape index (κ3) is 4.05. The van der Waals surface area contributed by atoms with Crippen molar-refractivity contribution in [3.05, 3.63) is 70.9 Å². The number of carbonyl (C=O) groups excluding carboxylic acids is 1. The molecule has 6 nitrogen and oxygen atoms in total.